The zero-order chi connectivity index (χ0) is 8.23. The Hall–Kier alpha value is -1.42. The van der Waals surface area contributed by atoms with Crippen LogP contribution in [-0.2, 0) is 0 Å². The van der Waals surface area contributed by atoms with Gasteiger partial charge in [0.15, 0.2) is 0 Å². The maximum Gasteiger partial charge on any atom is 0.0969 e. The van der Waals surface area contributed by atoms with Gasteiger partial charge in [0.25, 0.3) is 0 Å². The van der Waals surface area contributed by atoms with E-state index in [-0.39, 0.29) is 0 Å². The first-order chi connectivity index (χ1) is 5.95. The van der Waals surface area contributed by atoms with Crippen LogP contribution in [0.5, 0.6) is 0 Å². The molecule has 60 valence electrons. The highest BCUT2D eigenvalue weighted by Crippen LogP contribution is 2.04. The molecule has 0 aliphatic heterocycles. The lowest BCUT2D eigenvalue weighted by molar-refractivity contribution is 1.41. The summed E-state index contributed by atoms with van der Waals surface area (Å²) in [5.41, 5.74) is 2.05. The summed E-state index contributed by atoms with van der Waals surface area (Å²) >= 11 is 1.22. The highest BCUT2D eigenvalue weighted by Gasteiger charge is 1.88. The number of hydrogen-bond acceptors (Lipinski definition) is 3. The molecule has 0 saturated carbocycles. The Morgan fingerprint density at radius 1 is 1.42 bits per heavy atom. The van der Waals surface area contributed by atoms with Crippen molar-refractivity contribution in [2.75, 3.05) is 0 Å². The van der Waals surface area contributed by atoms with Crippen LogP contribution in [0.4, 0.5) is 0 Å². The Kier molecular flexibility index (Phi) is 2.00. The van der Waals surface area contributed by atoms with E-state index in [4.69, 9.17) is 0 Å². The minimum absolute atomic E-state index is 0.904. The van der Waals surface area contributed by atoms with Crippen LogP contribution < -0.4 is 0 Å². The summed E-state index contributed by atoms with van der Waals surface area (Å²) in [7, 11) is 0. The average Bonchev–Trinajstić information content (AvgIpc) is 2.74. The van der Waals surface area contributed by atoms with Gasteiger partial charge in [-0.05, 0) is 17.7 Å². The predicted octanol–water partition coefficient (Wildman–Crippen LogP) is 2.04. The van der Waals surface area contributed by atoms with Crippen LogP contribution in [0.15, 0.2) is 24.7 Å². The Morgan fingerprint density at radius 2 is 2.42 bits per heavy atom. The number of nitrogens with one attached hydrogen (secondary N) is 1. The molecule has 0 amide bonds. The first-order valence-corrected chi connectivity index (χ1v) is 4.26. The number of rotatable bonds is 2. The van der Waals surface area contributed by atoms with Crippen LogP contribution in [0.1, 0.15) is 11.3 Å². The summed E-state index contributed by atoms with van der Waals surface area (Å²) < 4.78 is 7.94. The second kappa shape index (κ2) is 3.32. The van der Waals surface area contributed by atoms with Crippen LogP contribution in [0, 0.1) is 0 Å². The van der Waals surface area contributed by atoms with E-state index in [1.165, 1.54) is 11.7 Å². The first-order valence-electron chi connectivity index (χ1n) is 3.53. The number of nitrogens with zero attached hydrogens (tertiary/aromatic N) is 2. The molecule has 4 heteroatoms. The van der Waals surface area contributed by atoms with Gasteiger partial charge in [-0.1, -0.05) is 6.08 Å². The van der Waals surface area contributed by atoms with E-state index in [9.17, 15) is 0 Å². The third kappa shape index (κ3) is 1.60. The highest BCUT2D eigenvalue weighted by atomic mass is 32.1. The largest absolute Gasteiger partial charge is 0.367 e. The molecule has 0 atom stereocenters. The van der Waals surface area contributed by atoms with Gasteiger partial charge in [-0.2, -0.15) is 8.75 Å². The Balaban J connectivity index is 2.14. The zero-order valence-electron chi connectivity index (χ0n) is 6.27. The molecule has 0 spiro atoms. The molecular weight excluding hydrogens is 170 g/mol. The minimum Gasteiger partial charge on any atom is -0.367 e. The topological polar surface area (TPSA) is 41.6 Å². The Labute approximate surface area is 74.1 Å². The fraction of sp³-hybridized carbons (Fsp3) is 0. The van der Waals surface area contributed by atoms with E-state index >= 15 is 0 Å². The molecule has 0 unspecified atom stereocenters. The van der Waals surface area contributed by atoms with Gasteiger partial charge < -0.3 is 4.98 Å². The number of aromatic amines is 1. The molecule has 0 aromatic carbocycles. The Morgan fingerprint density at radius 3 is 3.08 bits per heavy atom. The lowest BCUT2D eigenvalue weighted by Crippen LogP contribution is -1.66. The van der Waals surface area contributed by atoms with Crippen molar-refractivity contribution in [3.8, 4) is 0 Å². The van der Waals surface area contributed by atoms with Crippen molar-refractivity contribution in [1.82, 2.24) is 13.7 Å². The number of aromatic nitrogens is 3. The minimum atomic E-state index is 0.904. The molecule has 0 aliphatic carbocycles. The average molecular weight is 177 g/mol. The van der Waals surface area contributed by atoms with Gasteiger partial charge in [-0.3, -0.25) is 0 Å². The van der Waals surface area contributed by atoms with Gasteiger partial charge in [0.2, 0.25) is 0 Å². The highest BCUT2D eigenvalue weighted by molar-refractivity contribution is 6.99. The molecule has 2 aromatic rings. The quantitative estimate of drug-likeness (QED) is 0.762. The van der Waals surface area contributed by atoms with Gasteiger partial charge in [0.1, 0.15) is 0 Å². The van der Waals surface area contributed by atoms with Crippen LogP contribution in [0.3, 0.4) is 0 Å². The number of hydrogen-bond donors (Lipinski definition) is 1. The summed E-state index contributed by atoms with van der Waals surface area (Å²) in [6.07, 6.45) is 9.49. The molecule has 3 nitrogen and oxygen atoms in total. The van der Waals surface area contributed by atoms with Crippen LogP contribution in [0.2, 0.25) is 0 Å². The van der Waals surface area contributed by atoms with E-state index in [1.807, 2.05) is 30.6 Å². The summed E-state index contributed by atoms with van der Waals surface area (Å²) in [5.74, 6) is 0. The molecule has 0 radical (unpaired) electrons. The summed E-state index contributed by atoms with van der Waals surface area (Å²) in [6.45, 7) is 0. The molecule has 0 bridgehead atoms. The molecule has 12 heavy (non-hydrogen) atoms. The van der Waals surface area contributed by atoms with Crippen molar-refractivity contribution >= 4 is 23.9 Å². The second-order valence-electron chi connectivity index (χ2n) is 2.31. The molecule has 1 N–H and O–H groups in total. The van der Waals surface area contributed by atoms with E-state index in [1.54, 1.807) is 6.20 Å². The van der Waals surface area contributed by atoms with Gasteiger partial charge in [-0.25, -0.2) is 0 Å². The smallest absolute Gasteiger partial charge is 0.0969 e. The molecule has 0 aliphatic rings. The molecule has 2 rings (SSSR count). The van der Waals surface area contributed by atoms with Gasteiger partial charge in [0.05, 0.1) is 23.6 Å². The van der Waals surface area contributed by atoms with Crippen molar-refractivity contribution in [2.45, 2.75) is 0 Å². The van der Waals surface area contributed by atoms with E-state index in [0.717, 1.165) is 11.3 Å². The van der Waals surface area contributed by atoms with Gasteiger partial charge in [0, 0.05) is 12.4 Å². The maximum atomic E-state index is 4.05. The summed E-state index contributed by atoms with van der Waals surface area (Å²) in [4.78, 5) is 2.98. The van der Waals surface area contributed by atoms with Crippen molar-refractivity contribution in [3.05, 3.63) is 35.9 Å². The standard InChI is InChI=1S/C8H7N3S/c1(7-3-4-9-5-7)2-8-6-10-12-11-8/h1-6,9H/b2-1+. The normalized spacial score (nSPS) is 11.0. The molecular formula is C8H7N3S. The molecule has 2 heterocycles. The van der Waals surface area contributed by atoms with Gasteiger partial charge >= 0.3 is 0 Å². The number of H-pyrrole nitrogens is 1. The molecule has 2 aromatic heterocycles. The molecule has 0 saturated heterocycles. The van der Waals surface area contributed by atoms with Crippen molar-refractivity contribution in [2.24, 2.45) is 0 Å². The summed E-state index contributed by atoms with van der Waals surface area (Å²) in [6, 6.07) is 2.00. The van der Waals surface area contributed by atoms with E-state index < -0.39 is 0 Å². The van der Waals surface area contributed by atoms with Crippen molar-refractivity contribution in [3.63, 3.8) is 0 Å². The van der Waals surface area contributed by atoms with Gasteiger partial charge in [-0.15, -0.1) is 0 Å². The van der Waals surface area contributed by atoms with Crippen LogP contribution in [0.25, 0.3) is 12.2 Å². The van der Waals surface area contributed by atoms with E-state index in [2.05, 4.69) is 13.7 Å². The summed E-state index contributed by atoms with van der Waals surface area (Å²) in [5, 5.41) is 0. The third-order valence-corrected chi connectivity index (χ3v) is 1.94. The van der Waals surface area contributed by atoms with Crippen molar-refractivity contribution < 1.29 is 0 Å². The SMILES string of the molecule is C(=C\c1cnsn1)/c1cc[nH]c1. The zero-order valence-corrected chi connectivity index (χ0v) is 7.08. The molecule has 0 fully saturated rings. The third-order valence-electron chi connectivity index (χ3n) is 1.45. The lowest BCUT2D eigenvalue weighted by Gasteiger charge is -1.80. The fourth-order valence-corrected chi connectivity index (χ4v) is 1.27. The van der Waals surface area contributed by atoms with Crippen LogP contribution in [-0.4, -0.2) is 13.7 Å². The first kappa shape index (κ1) is 7.24. The van der Waals surface area contributed by atoms with E-state index in [0.29, 0.717) is 0 Å². The van der Waals surface area contributed by atoms with Crippen LogP contribution >= 0.6 is 11.7 Å². The monoisotopic (exact) mass is 177 g/mol. The second-order valence-corrected chi connectivity index (χ2v) is 2.87. The maximum absolute atomic E-state index is 4.05. The fourth-order valence-electron chi connectivity index (χ4n) is 0.867. The lowest BCUT2D eigenvalue weighted by atomic mass is 10.3. The Bertz CT molecular complexity index is 311. The van der Waals surface area contributed by atoms with Crippen molar-refractivity contribution in [1.29, 1.82) is 0 Å². The predicted molar refractivity (Wildman–Crippen MR) is 49.6 cm³/mol.